The first-order valence-corrected chi connectivity index (χ1v) is 10.1. The molecular weight excluding hydrogens is 342 g/mol. The Morgan fingerprint density at radius 2 is 2.00 bits per heavy atom. The molecule has 2 aliphatic rings. The number of thiazole rings is 1. The average molecular weight is 361 g/mol. The molecule has 0 saturated carbocycles. The molecule has 7 heteroatoms. The van der Waals surface area contributed by atoms with Crippen LogP contribution < -0.4 is 4.90 Å². The minimum atomic E-state index is -0.859. The molecule has 1 atom stereocenters. The lowest BCUT2D eigenvalue weighted by Crippen LogP contribution is -2.23. The summed E-state index contributed by atoms with van der Waals surface area (Å²) in [4.78, 5) is 22.5. The fourth-order valence-electron chi connectivity index (χ4n) is 3.15. The van der Waals surface area contributed by atoms with Gasteiger partial charge >= 0.3 is 5.97 Å². The van der Waals surface area contributed by atoms with Gasteiger partial charge in [-0.3, -0.25) is 4.99 Å². The van der Waals surface area contributed by atoms with Crippen molar-refractivity contribution in [3.05, 3.63) is 23.2 Å². The number of benzene rings is 1. The molecule has 5 nitrogen and oxygen atoms in total. The molecule has 126 valence electrons. The number of aliphatic carboxylic acids is 1. The van der Waals surface area contributed by atoms with E-state index in [1.807, 2.05) is 0 Å². The van der Waals surface area contributed by atoms with Crippen LogP contribution in [0.5, 0.6) is 0 Å². The molecule has 0 bridgehead atoms. The van der Waals surface area contributed by atoms with Gasteiger partial charge in [0.1, 0.15) is 10.1 Å². The van der Waals surface area contributed by atoms with Crippen LogP contribution in [0.25, 0.3) is 10.2 Å². The molecule has 0 amide bonds. The first kappa shape index (κ1) is 15.9. The summed E-state index contributed by atoms with van der Waals surface area (Å²) in [5, 5.41) is 10.7. The van der Waals surface area contributed by atoms with E-state index in [4.69, 9.17) is 5.11 Å². The molecule has 24 heavy (non-hydrogen) atoms. The molecule has 1 aromatic heterocycles. The quantitative estimate of drug-likeness (QED) is 0.904. The van der Waals surface area contributed by atoms with Crippen LogP contribution in [0.1, 0.15) is 30.7 Å². The zero-order chi connectivity index (χ0) is 16.5. The van der Waals surface area contributed by atoms with Crippen molar-refractivity contribution < 1.29 is 9.90 Å². The normalized spacial score (nSPS) is 21.8. The second-order valence-corrected chi connectivity index (χ2v) is 8.21. The van der Waals surface area contributed by atoms with Crippen molar-refractivity contribution in [1.29, 1.82) is 0 Å². The topological polar surface area (TPSA) is 65.8 Å². The number of carbonyl (C=O) groups is 1. The minimum absolute atomic E-state index is 0.500. The van der Waals surface area contributed by atoms with Crippen LogP contribution in [0.4, 0.5) is 5.69 Å². The van der Waals surface area contributed by atoms with Gasteiger partial charge in [-0.15, -0.1) is 23.1 Å². The number of carboxylic acids is 1. The number of rotatable bonds is 3. The van der Waals surface area contributed by atoms with Crippen LogP contribution in [-0.4, -0.2) is 46.0 Å². The van der Waals surface area contributed by atoms with Gasteiger partial charge in [0.25, 0.3) is 0 Å². The summed E-state index contributed by atoms with van der Waals surface area (Å²) in [5.41, 5.74) is 2.24. The predicted molar refractivity (Wildman–Crippen MR) is 101 cm³/mol. The monoisotopic (exact) mass is 361 g/mol. The van der Waals surface area contributed by atoms with E-state index in [1.54, 1.807) is 11.3 Å². The van der Waals surface area contributed by atoms with Gasteiger partial charge in [0.15, 0.2) is 6.04 Å². The highest BCUT2D eigenvalue weighted by molar-refractivity contribution is 8.15. The van der Waals surface area contributed by atoms with Crippen molar-refractivity contribution in [3.8, 4) is 0 Å². The Morgan fingerprint density at radius 3 is 2.71 bits per heavy atom. The van der Waals surface area contributed by atoms with Crippen molar-refractivity contribution in [1.82, 2.24) is 4.98 Å². The van der Waals surface area contributed by atoms with Gasteiger partial charge in [-0.1, -0.05) is 12.8 Å². The molecule has 4 rings (SSSR count). The third-order valence-electron chi connectivity index (χ3n) is 4.46. The van der Waals surface area contributed by atoms with E-state index in [2.05, 4.69) is 33.1 Å². The summed E-state index contributed by atoms with van der Waals surface area (Å²) in [7, 11) is 0. The number of carboxylic acid groups (broad SMARTS) is 1. The maximum Gasteiger partial charge on any atom is 0.329 e. The number of aromatic nitrogens is 1. The number of hydrogen-bond donors (Lipinski definition) is 1. The van der Waals surface area contributed by atoms with E-state index in [9.17, 15) is 4.79 Å². The van der Waals surface area contributed by atoms with Crippen molar-refractivity contribution in [2.45, 2.75) is 31.7 Å². The third-order valence-corrected chi connectivity index (χ3v) is 6.67. The van der Waals surface area contributed by atoms with Gasteiger partial charge in [0.05, 0.1) is 10.2 Å². The molecule has 0 aliphatic carbocycles. The van der Waals surface area contributed by atoms with Crippen LogP contribution >= 0.6 is 23.1 Å². The first-order chi connectivity index (χ1) is 11.7. The molecule has 0 radical (unpaired) electrons. The highest BCUT2D eigenvalue weighted by atomic mass is 32.2. The van der Waals surface area contributed by atoms with Gasteiger partial charge < -0.3 is 10.0 Å². The fraction of sp³-hybridized carbons (Fsp3) is 0.471. The number of hydrogen-bond acceptors (Lipinski definition) is 6. The Hall–Kier alpha value is -1.60. The Labute approximate surface area is 148 Å². The number of nitrogens with zero attached hydrogens (tertiary/aromatic N) is 3. The Bertz CT molecular complexity index is 794. The van der Waals surface area contributed by atoms with Crippen molar-refractivity contribution in [2.24, 2.45) is 4.99 Å². The number of thioether (sulfide) groups is 1. The highest BCUT2D eigenvalue weighted by Crippen LogP contribution is 2.32. The lowest BCUT2D eigenvalue weighted by Gasteiger charge is -2.22. The largest absolute Gasteiger partial charge is 0.480 e. The molecule has 3 heterocycles. The molecule has 0 spiro atoms. The molecule has 1 saturated heterocycles. The van der Waals surface area contributed by atoms with Gasteiger partial charge in [-0.2, -0.15) is 0 Å². The van der Waals surface area contributed by atoms with Crippen LogP contribution in [0, 0.1) is 0 Å². The molecule has 0 unspecified atom stereocenters. The van der Waals surface area contributed by atoms with Gasteiger partial charge in [-0.25, -0.2) is 9.78 Å². The molecule has 1 N–H and O–H groups in total. The summed E-state index contributed by atoms with van der Waals surface area (Å²) in [6.45, 7) is 2.25. The number of aliphatic imine (C=N–C) groups is 1. The molecule has 1 aromatic carbocycles. The van der Waals surface area contributed by atoms with E-state index < -0.39 is 12.0 Å². The van der Waals surface area contributed by atoms with Crippen LogP contribution in [-0.2, 0) is 4.79 Å². The van der Waals surface area contributed by atoms with Crippen LogP contribution in [0.2, 0.25) is 0 Å². The summed E-state index contributed by atoms with van der Waals surface area (Å²) in [6.07, 6.45) is 5.17. The Morgan fingerprint density at radius 1 is 1.21 bits per heavy atom. The van der Waals surface area contributed by atoms with Gasteiger partial charge in [-0.05, 0) is 31.0 Å². The smallest absolute Gasteiger partial charge is 0.329 e. The zero-order valence-corrected chi connectivity index (χ0v) is 14.9. The third kappa shape index (κ3) is 3.15. The Balaban J connectivity index is 1.62. The highest BCUT2D eigenvalue weighted by Gasteiger charge is 2.27. The summed E-state index contributed by atoms with van der Waals surface area (Å²) in [5.74, 6) is -0.360. The molecule has 1 fully saturated rings. The predicted octanol–water partition coefficient (Wildman–Crippen LogP) is 3.62. The second kappa shape index (κ2) is 6.72. The van der Waals surface area contributed by atoms with Crippen LogP contribution in [0.3, 0.4) is 0 Å². The summed E-state index contributed by atoms with van der Waals surface area (Å²) >= 11 is 3.10. The van der Waals surface area contributed by atoms with Gasteiger partial charge in [0.2, 0.25) is 0 Å². The van der Waals surface area contributed by atoms with E-state index in [0.29, 0.717) is 5.75 Å². The van der Waals surface area contributed by atoms with E-state index in [0.717, 1.165) is 33.4 Å². The molecule has 2 aromatic rings. The van der Waals surface area contributed by atoms with Gasteiger partial charge in [0, 0.05) is 24.5 Å². The second-order valence-electron chi connectivity index (χ2n) is 6.17. The van der Waals surface area contributed by atoms with Crippen LogP contribution in [0.15, 0.2) is 23.2 Å². The number of fused-ring (bicyclic) bond motifs is 1. The SMILES string of the molecule is O=C(O)[C@H]1CSC(c2nc3ccc(N4CCCCCC4)cc3s2)=N1. The standard InChI is InChI=1S/C17H19N3O2S2/c21-17(22)13-10-23-15(19-13)16-18-12-6-5-11(9-14(12)24-16)20-7-3-1-2-4-8-20/h5-6,9,13H,1-4,7-8,10H2,(H,21,22)/t13-/m1/s1. The summed E-state index contributed by atoms with van der Waals surface area (Å²) < 4.78 is 1.15. The lowest BCUT2D eigenvalue weighted by molar-refractivity contribution is -0.137. The minimum Gasteiger partial charge on any atom is -0.480 e. The maximum absolute atomic E-state index is 11.1. The lowest BCUT2D eigenvalue weighted by atomic mass is 10.2. The molecular formula is C17H19N3O2S2. The fourth-order valence-corrected chi connectivity index (χ4v) is 5.24. The first-order valence-electron chi connectivity index (χ1n) is 8.30. The number of anilines is 1. The molecule has 2 aliphatic heterocycles. The maximum atomic E-state index is 11.1. The zero-order valence-electron chi connectivity index (χ0n) is 13.3. The van der Waals surface area contributed by atoms with Crippen molar-refractivity contribution >= 4 is 50.0 Å². The van der Waals surface area contributed by atoms with E-state index in [1.165, 1.54) is 43.1 Å². The summed E-state index contributed by atoms with van der Waals surface area (Å²) in [6, 6.07) is 5.81. The average Bonchev–Trinajstić information content (AvgIpc) is 3.14. The van der Waals surface area contributed by atoms with Crippen molar-refractivity contribution in [2.75, 3.05) is 23.7 Å². The van der Waals surface area contributed by atoms with Crippen molar-refractivity contribution in [3.63, 3.8) is 0 Å². The Kier molecular flexibility index (Phi) is 4.45. The van der Waals surface area contributed by atoms with E-state index in [-0.39, 0.29) is 0 Å². The van der Waals surface area contributed by atoms with E-state index >= 15 is 0 Å².